The van der Waals surface area contributed by atoms with E-state index in [0.29, 0.717) is 13.2 Å². The molecule has 5 nitrogen and oxygen atoms in total. The van der Waals surface area contributed by atoms with E-state index < -0.39 is 0 Å². The summed E-state index contributed by atoms with van der Waals surface area (Å²) in [4.78, 5) is 13.1. The molecule has 1 heterocycles. The number of carbonyl (C=O) groups excluding carboxylic acids is 1. The lowest BCUT2D eigenvalue weighted by Crippen LogP contribution is -2.31. The number of benzene rings is 1. The van der Waals surface area contributed by atoms with E-state index in [2.05, 4.69) is 12.2 Å². The Labute approximate surface area is 113 Å². The van der Waals surface area contributed by atoms with Gasteiger partial charge in [-0.2, -0.15) is 0 Å². The zero-order valence-electron chi connectivity index (χ0n) is 11.3. The van der Waals surface area contributed by atoms with Crippen LogP contribution >= 0.6 is 0 Å². The number of hydrogen-bond acceptors (Lipinski definition) is 3. The Morgan fingerprint density at radius 1 is 1.42 bits per heavy atom. The standard InChI is InChI=1S/C14H21N3O2/c1-2-13(15)11-3-5-12(6-4-11)19-10-9-17-8-7-16-14(17)18/h3-6,13H,2,7-10,15H2,1H3,(H,16,18)/t13-/m1/s1. The summed E-state index contributed by atoms with van der Waals surface area (Å²) in [6.45, 7) is 4.67. The van der Waals surface area contributed by atoms with E-state index in [9.17, 15) is 4.79 Å². The molecule has 0 radical (unpaired) electrons. The molecule has 2 amide bonds. The van der Waals surface area contributed by atoms with Crippen LogP contribution in [0.1, 0.15) is 24.9 Å². The van der Waals surface area contributed by atoms with Crippen molar-refractivity contribution < 1.29 is 9.53 Å². The van der Waals surface area contributed by atoms with E-state index in [4.69, 9.17) is 10.5 Å². The van der Waals surface area contributed by atoms with Crippen LogP contribution in [0.4, 0.5) is 4.79 Å². The summed E-state index contributed by atoms with van der Waals surface area (Å²) >= 11 is 0. The summed E-state index contributed by atoms with van der Waals surface area (Å²) in [5.74, 6) is 0.812. The number of carbonyl (C=O) groups is 1. The lowest BCUT2D eigenvalue weighted by Gasteiger charge is -2.15. The van der Waals surface area contributed by atoms with Crippen molar-refractivity contribution in [1.29, 1.82) is 0 Å². The molecule has 1 aromatic rings. The number of nitrogens with two attached hydrogens (primary N) is 1. The van der Waals surface area contributed by atoms with Crippen molar-refractivity contribution >= 4 is 6.03 Å². The number of amides is 2. The summed E-state index contributed by atoms with van der Waals surface area (Å²) in [5.41, 5.74) is 7.07. The summed E-state index contributed by atoms with van der Waals surface area (Å²) in [7, 11) is 0. The van der Waals surface area contributed by atoms with Crippen LogP contribution in [0.5, 0.6) is 5.75 Å². The van der Waals surface area contributed by atoms with Gasteiger partial charge in [-0.15, -0.1) is 0 Å². The fourth-order valence-corrected chi connectivity index (χ4v) is 2.05. The Kier molecular flexibility index (Phi) is 4.63. The second-order valence-corrected chi connectivity index (χ2v) is 4.65. The minimum absolute atomic E-state index is 0.00660. The third kappa shape index (κ3) is 3.61. The maximum absolute atomic E-state index is 11.3. The van der Waals surface area contributed by atoms with E-state index in [1.54, 1.807) is 4.90 Å². The molecule has 1 saturated heterocycles. The maximum Gasteiger partial charge on any atom is 0.317 e. The van der Waals surface area contributed by atoms with Crippen molar-refractivity contribution in [2.24, 2.45) is 5.73 Å². The summed E-state index contributed by atoms with van der Waals surface area (Å²) in [6.07, 6.45) is 0.921. The SMILES string of the molecule is CC[C@@H](N)c1ccc(OCCN2CCNC2=O)cc1. The van der Waals surface area contributed by atoms with E-state index in [1.165, 1.54) is 0 Å². The van der Waals surface area contributed by atoms with E-state index in [0.717, 1.165) is 30.8 Å². The highest BCUT2D eigenvalue weighted by atomic mass is 16.5. The third-order valence-electron chi connectivity index (χ3n) is 3.32. The molecule has 104 valence electrons. The molecule has 0 aliphatic carbocycles. The van der Waals surface area contributed by atoms with Crippen molar-refractivity contribution in [3.8, 4) is 5.75 Å². The minimum Gasteiger partial charge on any atom is -0.492 e. The molecule has 2 rings (SSSR count). The molecule has 1 atom stereocenters. The Morgan fingerprint density at radius 2 is 2.16 bits per heavy atom. The molecule has 1 aliphatic rings. The number of rotatable bonds is 6. The van der Waals surface area contributed by atoms with Crippen molar-refractivity contribution in [2.75, 3.05) is 26.2 Å². The van der Waals surface area contributed by atoms with Crippen LogP contribution in [0.3, 0.4) is 0 Å². The normalized spacial score (nSPS) is 16.3. The molecule has 0 bridgehead atoms. The van der Waals surface area contributed by atoms with Gasteiger partial charge in [-0.25, -0.2) is 4.79 Å². The summed E-state index contributed by atoms with van der Waals surface area (Å²) in [5, 5.41) is 2.76. The average Bonchev–Trinajstić information content (AvgIpc) is 2.84. The molecular weight excluding hydrogens is 242 g/mol. The Bertz CT molecular complexity index is 419. The number of nitrogens with zero attached hydrogens (tertiary/aromatic N) is 1. The lowest BCUT2D eigenvalue weighted by molar-refractivity contribution is 0.202. The van der Waals surface area contributed by atoms with Gasteiger partial charge in [-0.05, 0) is 24.1 Å². The van der Waals surface area contributed by atoms with Crippen LogP contribution in [0.15, 0.2) is 24.3 Å². The Hall–Kier alpha value is -1.75. The highest BCUT2D eigenvalue weighted by molar-refractivity contribution is 5.76. The minimum atomic E-state index is -0.00660. The van der Waals surface area contributed by atoms with Gasteiger partial charge in [0.2, 0.25) is 0 Å². The van der Waals surface area contributed by atoms with Crippen molar-refractivity contribution in [3.05, 3.63) is 29.8 Å². The molecular formula is C14H21N3O2. The highest BCUT2D eigenvalue weighted by Gasteiger charge is 2.18. The van der Waals surface area contributed by atoms with Crippen LogP contribution in [0.2, 0.25) is 0 Å². The average molecular weight is 263 g/mol. The first-order valence-corrected chi connectivity index (χ1v) is 6.72. The Balaban J connectivity index is 1.78. The highest BCUT2D eigenvalue weighted by Crippen LogP contribution is 2.18. The monoisotopic (exact) mass is 263 g/mol. The van der Waals surface area contributed by atoms with Crippen LogP contribution < -0.4 is 15.8 Å². The van der Waals surface area contributed by atoms with E-state index in [-0.39, 0.29) is 12.1 Å². The molecule has 1 aliphatic heterocycles. The van der Waals surface area contributed by atoms with Gasteiger partial charge in [0, 0.05) is 19.1 Å². The fraction of sp³-hybridized carbons (Fsp3) is 0.500. The second kappa shape index (κ2) is 6.43. The molecule has 19 heavy (non-hydrogen) atoms. The van der Waals surface area contributed by atoms with E-state index in [1.807, 2.05) is 24.3 Å². The quantitative estimate of drug-likeness (QED) is 0.817. The number of urea groups is 1. The zero-order valence-corrected chi connectivity index (χ0v) is 11.3. The van der Waals surface area contributed by atoms with Crippen molar-refractivity contribution in [2.45, 2.75) is 19.4 Å². The fourth-order valence-electron chi connectivity index (χ4n) is 2.05. The van der Waals surface area contributed by atoms with Crippen LogP contribution in [-0.2, 0) is 0 Å². The number of nitrogens with one attached hydrogen (secondary N) is 1. The van der Waals surface area contributed by atoms with Gasteiger partial charge in [0.1, 0.15) is 12.4 Å². The smallest absolute Gasteiger partial charge is 0.317 e. The van der Waals surface area contributed by atoms with Gasteiger partial charge in [0.25, 0.3) is 0 Å². The first-order chi connectivity index (χ1) is 9.20. The van der Waals surface area contributed by atoms with Gasteiger partial charge < -0.3 is 20.7 Å². The first-order valence-electron chi connectivity index (χ1n) is 6.72. The Morgan fingerprint density at radius 3 is 2.74 bits per heavy atom. The summed E-state index contributed by atoms with van der Waals surface area (Å²) in [6, 6.07) is 7.91. The van der Waals surface area contributed by atoms with Crippen LogP contribution in [-0.4, -0.2) is 37.2 Å². The third-order valence-corrected chi connectivity index (χ3v) is 3.32. The topological polar surface area (TPSA) is 67.6 Å². The molecule has 0 spiro atoms. The van der Waals surface area contributed by atoms with E-state index >= 15 is 0 Å². The van der Waals surface area contributed by atoms with Crippen molar-refractivity contribution in [3.63, 3.8) is 0 Å². The van der Waals surface area contributed by atoms with Gasteiger partial charge in [0.05, 0.1) is 6.54 Å². The van der Waals surface area contributed by atoms with Gasteiger partial charge >= 0.3 is 6.03 Å². The first kappa shape index (κ1) is 13.7. The summed E-state index contributed by atoms with van der Waals surface area (Å²) < 4.78 is 5.62. The molecule has 3 N–H and O–H groups in total. The molecule has 0 unspecified atom stereocenters. The predicted molar refractivity (Wildman–Crippen MR) is 74.1 cm³/mol. The van der Waals surface area contributed by atoms with Crippen LogP contribution in [0, 0.1) is 0 Å². The van der Waals surface area contributed by atoms with Gasteiger partial charge in [0.15, 0.2) is 0 Å². The molecule has 0 aromatic heterocycles. The molecule has 1 aromatic carbocycles. The lowest BCUT2D eigenvalue weighted by atomic mass is 10.1. The number of hydrogen-bond donors (Lipinski definition) is 2. The molecule has 0 saturated carbocycles. The molecule has 5 heteroatoms. The van der Waals surface area contributed by atoms with Gasteiger partial charge in [-0.3, -0.25) is 0 Å². The largest absolute Gasteiger partial charge is 0.492 e. The predicted octanol–water partition coefficient (Wildman–Crippen LogP) is 1.50. The van der Waals surface area contributed by atoms with Crippen molar-refractivity contribution in [1.82, 2.24) is 10.2 Å². The zero-order chi connectivity index (χ0) is 13.7. The molecule has 1 fully saturated rings. The number of ether oxygens (including phenoxy) is 1. The second-order valence-electron chi connectivity index (χ2n) is 4.65. The van der Waals surface area contributed by atoms with Gasteiger partial charge in [-0.1, -0.05) is 19.1 Å². The maximum atomic E-state index is 11.3. The van der Waals surface area contributed by atoms with Crippen LogP contribution in [0.25, 0.3) is 0 Å².